The molecule has 2 saturated heterocycles. The first-order valence-corrected chi connectivity index (χ1v) is 13.2. The zero-order valence-corrected chi connectivity index (χ0v) is 21.6. The number of urea groups is 1. The Bertz CT molecular complexity index is 1240. The number of rotatable bonds is 6. The molecule has 3 aliphatic heterocycles. The molecule has 3 amide bonds. The Morgan fingerprint density at radius 3 is 2.58 bits per heavy atom. The number of hydrogen-bond donors (Lipinski definition) is 2. The molecule has 5 rings (SSSR count). The summed E-state index contributed by atoms with van der Waals surface area (Å²) >= 11 is 0. The van der Waals surface area contributed by atoms with E-state index in [1.165, 1.54) is 18.2 Å². The predicted octanol–water partition coefficient (Wildman–Crippen LogP) is 3.77. The first-order valence-electron chi connectivity index (χ1n) is 13.2. The number of ketones is 1. The monoisotopic (exact) mass is 525 g/mol. The summed E-state index contributed by atoms with van der Waals surface area (Å²) in [5, 5.41) is 5.97. The molecule has 2 aromatic carbocycles. The summed E-state index contributed by atoms with van der Waals surface area (Å²) in [6, 6.07) is 8.80. The molecule has 0 saturated carbocycles. The van der Waals surface area contributed by atoms with Gasteiger partial charge in [0.1, 0.15) is 11.6 Å². The molecular formula is C28H33F2N5O3. The van der Waals surface area contributed by atoms with Crippen molar-refractivity contribution >= 4 is 29.1 Å². The smallest absolute Gasteiger partial charge is 0.317 e. The number of amides is 3. The zero-order valence-electron chi connectivity index (χ0n) is 21.6. The molecule has 0 aromatic heterocycles. The Morgan fingerprint density at radius 1 is 1.05 bits per heavy atom. The van der Waals surface area contributed by atoms with E-state index in [4.69, 9.17) is 0 Å². The van der Waals surface area contributed by atoms with Crippen LogP contribution in [0.1, 0.15) is 48.0 Å². The molecule has 38 heavy (non-hydrogen) atoms. The summed E-state index contributed by atoms with van der Waals surface area (Å²) < 4.78 is 28.0. The van der Waals surface area contributed by atoms with Crippen LogP contribution in [0.2, 0.25) is 0 Å². The molecule has 2 fully saturated rings. The largest absolute Gasteiger partial charge is 0.381 e. The third-order valence-corrected chi connectivity index (χ3v) is 8.15. The SMILES string of the molecule is CN1c2ccc(F)cc2C(=O)CC12CCN(C(=O)NCc1ccc(F)c(NCCN3CCCC3=O)c1)CC2. The van der Waals surface area contributed by atoms with Gasteiger partial charge in [0, 0.05) is 70.4 Å². The van der Waals surface area contributed by atoms with Gasteiger partial charge in [0.25, 0.3) is 0 Å². The van der Waals surface area contributed by atoms with Crippen molar-refractivity contribution in [1.82, 2.24) is 15.1 Å². The van der Waals surface area contributed by atoms with Crippen LogP contribution in [0.25, 0.3) is 0 Å². The Balaban J connectivity index is 1.13. The molecule has 8 nitrogen and oxygen atoms in total. The normalized spacial score (nSPS) is 18.7. The highest BCUT2D eigenvalue weighted by Gasteiger charge is 2.45. The summed E-state index contributed by atoms with van der Waals surface area (Å²) in [7, 11) is 1.93. The lowest BCUT2D eigenvalue weighted by Crippen LogP contribution is -2.59. The van der Waals surface area contributed by atoms with E-state index in [9.17, 15) is 23.2 Å². The lowest BCUT2D eigenvalue weighted by atomic mass is 9.77. The van der Waals surface area contributed by atoms with Crippen LogP contribution in [-0.2, 0) is 11.3 Å². The quantitative estimate of drug-likeness (QED) is 0.600. The number of carbonyl (C=O) groups is 3. The van der Waals surface area contributed by atoms with Crippen molar-refractivity contribution in [3.63, 3.8) is 0 Å². The van der Waals surface area contributed by atoms with Crippen LogP contribution < -0.4 is 15.5 Å². The van der Waals surface area contributed by atoms with Crippen LogP contribution in [0, 0.1) is 11.6 Å². The summed E-state index contributed by atoms with van der Waals surface area (Å²) in [4.78, 5) is 43.0. The number of nitrogens with zero attached hydrogens (tertiary/aromatic N) is 3. The minimum absolute atomic E-state index is 0.0664. The van der Waals surface area contributed by atoms with Gasteiger partial charge in [0.05, 0.1) is 11.2 Å². The van der Waals surface area contributed by atoms with E-state index in [2.05, 4.69) is 15.5 Å². The average Bonchev–Trinajstić information content (AvgIpc) is 3.32. The number of halogens is 2. The number of nitrogens with one attached hydrogen (secondary N) is 2. The van der Waals surface area contributed by atoms with Crippen molar-refractivity contribution in [2.24, 2.45) is 0 Å². The van der Waals surface area contributed by atoms with Crippen molar-refractivity contribution in [1.29, 1.82) is 0 Å². The third-order valence-electron chi connectivity index (χ3n) is 8.15. The molecule has 0 aliphatic carbocycles. The molecule has 0 atom stereocenters. The molecule has 2 aromatic rings. The summed E-state index contributed by atoms with van der Waals surface area (Å²) in [6.07, 6.45) is 3.00. The molecule has 10 heteroatoms. The second-order valence-corrected chi connectivity index (χ2v) is 10.4. The number of piperidine rings is 1. The minimum Gasteiger partial charge on any atom is -0.381 e. The molecule has 0 radical (unpaired) electrons. The maximum atomic E-state index is 14.3. The highest BCUT2D eigenvalue weighted by molar-refractivity contribution is 6.04. The second-order valence-electron chi connectivity index (χ2n) is 10.4. The maximum Gasteiger partial charge on any atom is 0.317 e. The molecule has 1 spiro atoms. The fraction of sp³-hybridized carbons (Fsp3) is 0.464. The Labute approximate surface area is 221 Å². The van der Waals surface area contributed by atoms with Crippen molar-refractivity contribution < 1.29 is 23.2 Å². The first-order chi connectivity index (χ1) is 18.3. The van der Waals surface area contributed by atoms with Crippen LogP contribution in [0.5, 0.6) is 0 Å². The lowest BCUT2D eigenvalue weighted by molar-refractivity contribution is -0.127. The maximum absolute atomic E-state index is 14.3. The minimum atomic E-state index is -0.421. The number of hydrogen-bond acceptors (Lipinski definition) is 5. The van der Waals surface area contributed by atoms with E-state index in [0.29, 0.717) is 63.1 Å². The Morgan fingerprint density at radius 2 is 1.84 bits per heavy atom. The first kappa shape index (κ1) is 25.9. The van der Waals surface area contributed by atoms with Gasteiger partial charge < -0.3 is 25.3 Å². The number of likely N-dealkylation sites (tertiary alicyclic amines) is 2. The van der Waals surface area contributed by atoms with E-state index in [1.54, 1.807) is 28.0 Å². The van der Waals surface area contributed by atoms with Crippen LogP contribution in [0.4, 0.5) is 25.0 Å². The number of fused-ring (bicyclic) bond motifs is 1. The van der Waals surface area contributed by atoms with Gasteiger partial charge in [-0.2, -0.15) is 0 Å². The van der Waals surface area contributed by atoms with Crippen molar-refractivity contribution in [3.05, 3.63) is 59.2 Å². The molecule has 0 bridgehead atoms. The van der Waals surface area contributed by atoms with Gasteiger partial charge in [0.15, 0.2) is 5.78 Å². The summed E-state index contributed by atoms with van der Waals surface area (Å²) in [5.74, 6) is -0.738. The van der Waals surface area contributed by atoms with Crippen molar-refractivity contribution in [2.45, 2.75) is 44.2 Å². The van der Waals surface area contributed by atoms with Crippen molar-refractivity contribution in [3.8, 4) is 0 Å². The van der Waals surface area contributed by atoms with Crippen molar-refractivity contribution in [2.75, 3.05) is 50.0 Å². The Hall–Kier alpha value is -3.69. The highest BCUT2D eigenvalue weighted by atomic mass is 19.1. The molecular weight excluding hydrogens is 492 g/mol. The second kappa shape index (κ2) is 10.6. The zero-order chi connectivity index (χ0) is 26.9. The fourth-order valence-corrected chi connectivity index (χ4v) is 5.80. The Kier molecular flexibility index (Phi) is 7.23. The van der Waals surface area contributed by atoms with Gasteiger partial charge in [-0.1, -0.05) is 6.07 Å². The molecule has 3 aliphatic rings. The van der Waals surface area contributed by atoms with Crippen LogP contribution in [0.15, 0.2) is 36.4 Å². The standard InChI is InChI=1S/C28H33F2N5O3/c1-33-24-7-5-20(29)16-21(24)25(36)17-28(33)8-12-35(13-9-28)27(38)32-18-19-4-6-22(30)23(15-19)31-10-14-34-11-2-3-26(34)37/h4-7,15-16,31H,2-3,8-14,17-18H2,1H3,(H,32,38). The predicted molar refractivity (Wildman–Crippen MR) is 140 cm³/mol. The van der Waals surface area contributed by atoms with E-state index in [1.807, 2.05) is 7.05 Å². The van der Waals surface area contributed by atoms with E-state index < -0.39 is 11.4 Å². The number of carbonyl (C=O) groups excluding carboxylic acids is 3. The third kappa shape index (κ3) is 5.16. The van der Waals surface area contributed by atoms with E-state index >= 15 is 0 Å². The fourth-order valence-electron chi connectivity index (χ4n) is 5.80. The number of Topliss-reactive ketones (excluding diaryl/α,β-unsaturated/α-hetero) is 1. The number of benzene rings is 2. The molecule has 2 N–H and O–H groups in total. The van der Waals surface area contributed by atoms with Gasteiger partial charge in [-0.15, -0.1) is 0 Å². The average molecular weight is 526 g/mol. The van der Waals surface area contributed by atoms with E-state index in [0.717, 1.165) is 24.2 Å². The van der Waals surface area contributed by atoms with E-state index in [-0.39, 0.29) is 30.1 Å². The molecule has 202 valence electrons. The molecule has 0 unspecified atom stereocenters. The number of anilines is 2. The lowest BCUT2D eigenvalue weighted by Gasteiger charge is -2.50. The topological polar surface area (TPSA) is 85.0 Å². The summed E-state index contributed by atoms with van der Waals surface area (Å²) in [5.41, 5.74) is 1.85. The van der Waals surface area contributed by atoms with Gasteiger partial charge >= 0.3 is 6.03 Å². The van der Waals surface area contributed by atoms with Gasteiger partial charge in [-0.25, -0.2) is 13.6 Å². The van der Waals surface area contributed by atoms with Crippen LogP contribution >= 0.6 is 0 Å². The van der Waals surface area contributed by atoms with Gasteiger partial charge in [0.2, 0.25) is 5.91 Å². The van der Waals surface area contributed by atoms with Gasteiger partial charge in [-0.05, 0) is 55.2 Å². The summed E-state index contributed by atoms with van der Waals surface area (Å²) in [6.45, 7) is 2.95. The van der Waals surface area contributed by atoms with Gasteiger partial charge in [-0.3, -0.25) is 9.59 Å². The molecule has 3 heterocycles. The van der Waals surface area contributed by atoms with Crippen LogP contribution in [0.3, 0.4) is 0 Å². The highest BCUT2D eigenvalue weighted by Crippen LogP contribution is 2.42. The van der Waals surface area contributed by atoms with Crippen LogP contribution in [-0.4, -0.2) is 72.8 Å².